The lowest BCUT2D eigenvalue weighted by Crippen LogP contribution is -2.23. The van der Waals surface area contributed by atoms with Crippen LogP contribution in [0, 0.1) is 0 Å². The fourth-order valence-corrected chi connectivity index (χ4v) is 1.87. The van der Waals surface area contributed by atoms with Gasteiger partial charge in [-0.1, -0.05) is 0 Å². The minimum atomic E-state index is -0.000512. The molecule has 0 atom stereocenters. The number of halogens is 1. The van der Waals surface area contributed by atoms with E-state index in [9.17, 15) is 4.79 Å². The number of nitrogens with zero attached hydrogens (tertiary/aromatic N) is 2. The van der Waals surface area contributed by atoms with E-state index in [1.165, 1.54) is 0 Å². The topological polar surface area (TPSA) is 82.2 Å². The third-order valence-electron chi connectivity index (χ3n) is 3.06. The first-order valence-corrected chi connectivity index (χ1v) is 6.88. The van der Waals surface area contributed by atoms with Crippen LogP contribution in [0.25, 0.3) is 5.69 Å². The molecule has 0 aliphatic carbocycles. The molecule has 1 aromatic heterocycles. The zero-order chi connectivity index (χ0) is 15.1. The van der Waals surface area contributed by atoms with Crippen LogP contribution in [0.2, 0.25) is 0 Å². The largest absolute Gasteiger partial charge is 0.497 e. The van der Waals surface area contributed by atoms with Gasteiger partial charge in [0.1, 0.15) is 5.75 Å². The smallest absolute Gasteiger partial charge is 0.220 e. The van der Waals surface area contributed by atoms with Crippen molar-refractivity contribution in [2.45, 2.75) is 19.4 Å². The molecule has 0 bridgehead atoms. The minimum Gasteiger partial charge on any atom is -0.497 e. The second-order valence-electron chi connectivity index (χ2n) is 4.62. The number of carbonyl (C=O) groups excluding carboxylic acids is 1. The molecule has 2 rings (SSSR count). The maximum atomic E-state index is 11.5. The monoisotopic (exact) mass is 324 g/mol. The predicted octanol–water partition coefficient (Wildman–Crippen LogP) is 1.66. The normalized spacial score (nSPS) is 9.91. The van der Waals surface area contributed by atoms with Gasteiger partial charge in [0.25, 0.3) is 0 Å². The molecule has 0 unspecified atom stereocenters. The number of hydrogen-bond donors (Lipinski definition) is 2. The van der Waals surface area contributed by atoms with Crippen LogP contribution >= 0.6 is 12.4 Å². The molecule has 0 aliphatic heterocycles. The van der Waals surface area contributed by atoms with E-state index in [0.29, 0.717) is 25.9 Å². The quantitative estimate of drug-likeness (QED) is 0.811. The van der Waals surface area contributed by atoms with E-state index < -0.39 is 0 Å². The Bertz CT molecular complexity index is 583. The summed E-state index contributed by atoms with van der Waals surface area (Å²) < 4.78 is 6.89. The summed E-state index contributed by atoms with van der Waals surface area (Å²) in [7, 11) is 1.63. The van der Waals surface area contributed by atoms with Gasteiger partial charge < -0.3 is 15.8 Å². The van der Waals surface area contributed by atoms with Crippen molar-refractivity contribution in [3.63, 3.8) is 0 Å². The number of amides is 1. The maximum Gasteiger partial charge on any atom is 0.220 e. The van der Waals surface area contributed by atoms with Gasteiger partial charge in [0, 0.05) is 12.6 Å². The summed E-state index contributed by atoms with van der Waals surface area (Å²) >= 11 is 0. The summed E-state index contributed by atoms with van der Waals surface area (Å²) in [6, 6.07) is 9.49. The van der Waals surface area contributed by atoms with Crippen LogP contribution < -0.4 is 15.8 Å². The van der Waals surface area contributed by atoms with E-state index in [-0.39, 0.29) is 18.3 Å². The van der Waals surface area contributed by atoms with Crippen LogP contribution in [-0.2, 0) is 11.3 Å². The van der Waals surface area contributed by atoms with Gasteiger partial charge in [-0.3, -0.25) is 4.79 Å². The van der Waals surface area contributed by atoms with Crippen LogP contribution in [0.1, 0.15) is 18.5 Å². The van der Waals surface area contributed by atoms with E-state index in [1.54, 1.807) is 11.8 Å². The zero-order valence-corrected chi connectivity index (χ0v) is 13.3. The molecule has 1 amide bonds. The van der Waals surface area contributed by atoms with Gasteiger partial charge >= 0.3 is 0 Å². The summed E-state index contributed by atoms with van der Waals surface area (Å²) in [5.41, 5.74) is 7.12. The molecule has 22 heavy (non-hydrogen) atoms. The third kappa shape index (κ3) is 5.05. The van der Waals surface area contributed by atoms with E-state index in [0.717, 1.165) is 17.1 Å². The number of nitrogens with two attached hydrogens (primary N) is 1. The highest BCUT2D eigenvalue weighted by Gasteiger charge is 2.04. The molecule has 6 nitrogen and oxygen atoms in total. The van der Waals surface area contributed by atoms with Gasteiger partial charge in [-0.25, -0.2) is 4.68 Å². The molecule has 2 aromatic rings. The Balaban J connectivity index is 0.00000242. The van der Waals surface area contributed by atoms with Crippen molar-refractivity contribution in [3.05, 3.63) is 42.2 Å². The Kier molecular flexibility index (Phi) is 7.42. The second-order valence-corrected chi connectivity index (χ2v) is 4.62. The lowest BCUT2D eigenvalue weighted by Gasteiger charge is -2.04. The molecule has 0 saturated heterocycles. The number of benzene rings is 1. The highest BCUT2D eigenvalue weighted by atomic mass is 35.5. The molecule has 0 aliphatic rings. The molecule has 0 saturated carbocycles. The Morgan fingerprint density at radius 2 is 2.05 bits per heavy atom. The van der Waals surface area contributed by atoms with E-state index in [1.807, 2.05) is 36.5 Å². The second kappa shape index (κ2) is 9.07. The average Bonchev–Trinajstić information content (AvgIpc) is 3.00. The van der Waals surface area contributed by atoms with Gasteiger partial charge in [0.15, 0.2) is 0 Å². The molecular weight excluding hydrogens is 304 g/mol. The predicted molar refractivity (Wildman–Crippen MR) is 87.5 cm³/mol. The molecule has 120 valence electrons. The van der Waals surface area contributed by atoms with Crippen LogP contribution in [0.4, 0.5) is 0 Å². The summed E-state index contributed by atoms with van der Waals surface area (Å²) in [4.78, 5) is 11.5. The van der Waals surface area contributed by atoms with E-state index in [2.05, 4.69) is 10.4 Å². The number of aromatic nitrogens is 2. The molecule has 0 radical (unpaired) electrons. The number of nitrogens with one attached hydrogen (secondary N) is 1. The lowest BCUT2D eigenvalue weighted by molar-refractivity contribution is -0.121. The number of rotatable bonds is 7. The summed E-state index contributed by atoms with van der Waals surface area (Å²) in [6.45, 7) is 0.950. The fourth-order valence-electron chi connectivity index (χ4n) is 1.87. The van der Waals surface area contributed by atoms with Gasteiger partial charge in [-0.2, -0.15) is 5.10 Å². The first kappa shape index (κ1) is 18.0. The van der Waals surface area contributed by atoms with Crippen LogP contribution in [-0.4, -0.2) is 29.3 Å². The summed E-state index contributed by atoms with van der Waals surface area (Å²) in [5, 5.41) is 7.25. The van der Waals surface area contributed by atoms with Crippen LogP contribution in [0.5, 0.6) is 5.75 Å². The molecule has 1 aromatic carbocycles. The third-order valence-corrected chi connectivity index (χ3v) is 3.06. The molecule has 7 heteroatoms. The lowest BCUT2D eigenvalue weighted by atomic mass is 10.3. The van der Waals surface area contributed by atoms with Crippen molar-refractivity contribution in [2.75, 3.05) is 13.7 Å². The van der Waals surface area contributed by atoms with Gasteiger partial charge in [0.2, 0.25) is 5.91 Å². The van der Waals surface area contributed by atoms with Crippen molar-refractivity contribution >= 4 is 18.3 Å². The zero-order valence-electron chi connectivity index (χ0n) is 12.5. The van der Waals surface area contributed by atoms with E-state index in [4.69, 9.17) is 10.5 Å². The highest BCUT2D eigenvalue weighted by molar-refractivity contribution is 5.85. The summed E-state index contributed by atoms with van der Waals surface area (Å²) in [5.74, 6) is 0.803. The SMILES string of the molecule is COc1ccc(-n2ccc(CNC(=O)CCCN)n2)cc1.Cl. The van der Waals surface area contributed by atoms with Crippen LogP contribution in [0.3, 0.4) is 0 Å². The van der Waals surface area contributed by atoms with Crippen molar-refractivity contribution in [1.29, 1.82) is 0 Å². The molecule has 0 spiro atoms. The summed E-state index contributed by atoms with van der Waals surface area (Å²) in [6.07, 6.45) is 3.02. The van der Waals surface area contributed by atoms with Crippen molar-refractivity contribution in [2.24, 2.45) is 5.73 Å². The highest BCUT2D eigenvalue weighted by Crippen LogP contribution is 2.14. The maximum absolute atomic E-state index is 11.5. The van der Waals surface area contributed by atoms with Crippen LogP contribution in [0.15, 0.2) is 36.5 Å². The first-order chi connectivity index (χ1) is 10.2. The Morgan fingerprint density at radius 1 is 1.32 bits per heavy atom. The van der Waals surface area contributed by atoms with E-state index >= 15 is 0 Å². The number of carbonyl (C=O) groups is 1. The van der Waals surface area contributed by atoms with Gasteiger partial charge in [-0.15, -0.1) is 12.4 Å². The van der Waals surface area contributed by atoms with Crippen molar-refractivity contribution < 1.29 is 9.53 Å². The Morgan fingerprint density at radius 3 is 2.68 bits per heavy atom. The van der Waals surface area contributed by atoms with Gasteiger partial charge in [0.05, 0.1) is 25.0 Å². The number of methoxy groups -OCH3 is 1. The molecule has 1 heterocycles. The standard InChI is InChI=1S/C15H20N4O2.ClH/c1-21-14-6-4-13(5-7-14)19-10-8-12(18-19)11-17-15(20)3-2-9-16;/h4-8,10H,2-3,9,11,16H2,1H3,(H,17,20);1H. The molecule has 0 fully saturated rings. The fraction of sp³-hybridized carbons (Fsp3) is 0.333. The average molecular weight is 325 g/mol. The minimum absolute atomic E-state index is 0. The molecule has 3 N–H and O–H groups in total. The number of ether oxygens (including phenoxy) is 1. The molecular formula is C15H21ClN4O2. The van der Waals surface area contributed by atoms with Gasteiger partial charge in [-0.05, 0) is 43.3 Å². The first-order valence-electron chi connectivity index (χ1n) is 6.88. The Labute approximate surface area is 136 Å². The van der Waals surface area contributed by atoms with Crippen molar-refractivity contribution in [3.8, 4) is 11.4 Å². The van der Waals surface area contributed by atoms with Crippen molar-refractivity contribution in [1.82, 2.24) is 15.1 Å². The number of hydrogen-bond acceptors (Lipinski definition) is 4. The Hall–Kier alpha value is -2.05.